The van der Waals surface area contributed by atoms with Crippen LogP contribution in [0.1, 0.15) is 45.4 Å². The molecule has 5 nitrogen and oxygen atoms in total. The van der Waals surface area contributed by atoms with Gasteiger partial charge in [-0.3, -0.25) is 9.35 Å². The minimum absolute atomic E-state index is 0.0503. The quantitative estimate of drug-likeness (QED) is 0.629. The molecule has 0 amide bonds. The third kappa shape index (κ3) is 2.54. The maximum atomic E-state index is 13.2. The molecule has 0 spiro atoms. The number of alkyl halides is 2. The molecule has 0 aromatic carbocycles. The Morgan fingerprint density at radius 3 is 2.27 bits per heavy atom. The zero-order valence-corrected chi connectivity index (χ0v) is 13.2. The van der Waals surface area contributed by atoms with Crippen molar-refractivity contribution in [3.63, 3.8) is 0 Å². The Kier molecular flexibility index (Phi) is 3.39. The van der Waals surface area contributed by atoms with Gasteiger partial charge in [-0.2, -0.15) is 17.2 Å². The number of hydrogen-bond donors (Lipinski definition) is 1. The number of ether oxygens (including phenoxy) is 1. The molecule has 2 unspecified atom stereocenters. The Morgan fingerprint density at radius 2 is 1.82 bits per heavy atom. The van der Waals surface area contributed by atoms with Gasteiger partial charge in [-0.1, -0.05) is 6.92 Å². The van der Waals surface area contributed by atoms with Crippen LogP contribution in [0.4, 0.5) is 8.78 Å². The minimum Gasteiger partial charge on any atom is -0.458 e. The summed E-state index contributed by atoms with van der Waals surface area (Å²) < 4.78 is 60.7. The molecular weight excluding hydrogens is 318 g/mol. The molecule has 4 saturated carbocycles. The fourth-order valence-electron chi connectivity index (χ4n) is 5.34. The summed E-state index contributed by atoms with van der Waals surface area (Å²) in [6.45, 7) is 0.498. The zero-order valence-electron chi connectivity index (χ0n) is 12.3. The summed E-state index contributed by atoms with van der Waals surface area (Å²) in [6.07, 6.45) is 5.07. The van der Waals surface area contributed by atoms with Gasteiger partial charge in [-0.15, -0.1) is 0 Å². The molecule has 0 aromatic heterocycles. The van der Waals surface area contributed by atoms with Gasteiger partial charge in [-0.25, -0.2) is 0 Å². The molecule has 4 bridgehead atoms. The number of halogens is 2. The molecule has 4 aliphatic rings. The lowest BCUT2D eigenvalue weighted by Gasteiger charge is -2.59. The van der Waals surface area contributed by atoms with Gasteiger partial charge in [0.15, 0.2) is 6.61 Å². The fraction of sp³-hybridized carbons (Fsp3) is 0.929. The van der Waals surface area contributed by atoms with Crippen LogP contribution in [-0.4, -0.2) is 30.8 Å². The average Bonchev–Trinajstić information content (AvgIpc) is 2.31. The van der Waals surface area contributed by atoms with E-state index in [0.717, 1.165) is 19.3 Å². The molecule has 0 aliphatic heterocycles. The average molecular weight is 338 g/mol. The van der Waals surface area contributed by atoms with Gasteiger partial charge in [-0.05, 0) is 55.8 Å². The van der Waals surface area contributed by atoms with Crippen molar-refractivity contribution in [2.45, 2.75) is 50.7 Å². The molecule has 1 N–H and O–H groups in total. The normalized spacial score (nSPS) is 40.7. The summed E-state index contributed by atoms with van der Waals surface area (Å²) in [4.78, 5) is 12.4. The van der Waals surface area contributed by atoms with Gasteiger partial charge >= 0.3 is 21.3 Å². The van der Waals surface area contributed by atoms with E-state index in [1.165, 1.54) is 0 Å². The molecule has 126 valence electrons. The van der Waals surface area contributed by atoms with Crippen LogP contribution in [0, 0.1) is 22.7 Å². The Morgan fingerprint density at radius 1 is 1.27 bits per heavy atom. The predicted molar refractivity (Wildman–Crippen MR) is 72.7 cm³/mol. The third-order valence-corrected chi connectivity index (χ3v) is 6.41. The second-order valence-electron chi connectivity index (χ2n) is 7.74. The first kappa shape index (κ1) is 16.1. The Labute approximate surface area is 128 Å². The Bertz CT molecular complexity index is 586. The van der Waals surface area contributed by atoms with Crippen LogP contribution in [0.3, 0.4) is 0 Å². The maximum Gasteiger partial charge on any atom is 0.402 e. The van der Waals surface area contributed by atoms with Crippen molar-refractivity contribution in [3.05, 3.63) is 0 Å². The highest BCUT2D eigenvalue weighted by Crippen LogP contribution is 2.65. The Balaban J connectivity index is 1.73. The summed E-state index contributed by atoms with van der Waals surface area (Å²) in [5.41, 5.74) is -0.706. The first-order chi connectivity index (χ1) is 9.95. The lowest BCUT2D eigenvalue weighted by molar-refractivity contribution is -0.184. The van der Waals surface area contributed by atoms with Gasteiger partial charge in [0.25, 0.3) is 0 Å². The molecule has 0 radical (unpaired) electrons. The van der Waals surface area contributed by atoms with E-state index in [1.54, 1.807) is 0 Å². The highest BCUT2D eigenvalue weighted by atomic mass is 32.2. The molecule has 0 aromatic rings. The number of rotatable bonds is 4. The standard InChI is InChI=1S/C14H20F2O5S/c1-12-3-9-2-10(4-12)6-13(5-9,7-12)11(17)21-8-14(15,16)22(18,19)20/h9-10H,2-8H2,1H3,(H,18,19,20). The van der Waals surface area contributed by atoms with Crippen LogP contribution >= 0.6 is 0 Å². The summed E-state index contributed by atoms with van der Waals surface area (Å²) in [5.74, 6) is 0.0953. The number of carbonyl (C=O) groups excluding carboxylic acids is 1. The SMILES string of the molecule is CC12CC3CC(C1)CC(C(=O)OCC(F)(F)S(=O)(=O)O)(C3)C2. The molecule has 2 atom stereocenters. The van der Waals surface area contributed by atoms with E-state index in [1.807, 2.05) is 0 Å². The Hall–Kier alpha value is -0.760. The fourth-order valence-corrected chi connectivity index (χ4v) is 5.54. The summed E-state index contributed by atoms with van der Waals surface area (Å²) in [6, 6.07) is 0. The van der Waals surface area contributed by atoms with E-state index < -0.39 is 33.4 Å². The summed E-state index contributed by atoms with van der Waals surface area (Å²) >= 11 is 0. The molecule has 22 heavy (non-hydrogen) atoms. The van der Waals surface area contributed by atoms with E-state index in [9.17, 15) is 22.0 Å². The largest absolute Gasteiger partial charge is 0.458 e. The molecule has 4 fully saturated rings. The van der Waals surface area contributed by atoms with Gasteiger partial charge in [0.05, 0.1) is 5.41 Å². The number of esters is 1. The van der Waals surface area contributed by atoms with Crippen molar-refractivity contribution < 1.29 is 31.3 Å². The van der Waals surface area contributed by atoms with Crippen molar-refractivity contribution in [2.75, 3.05) is 6.61 Å². The van der Waals surface area contributed by atoms with E-state index in [2.05, 4.69) is 11.7 Å². The van der Waals surface area contributed by atoms with Crippen LogP contribution in [0.5, 0.6) is 0 Å². The molecular formula is C14H20F2O5S. The molecule has 4 rings (SSSR count). The van der Waals surface area contributed by atoms with Crippen molar-refractivity contribution >= 4 is 16.1 Å². The molecule has 4 aliphatic carbocycles. The van der Waals surface area contributed by atoms with Crippen LogP contribution < -0.4 is 0 Å². The molecule has 0 heterocycles. The third-order valence-electron chi connectivity index (χ3n) is 5.54. The summed E-state index contributed by atoms with van der Waals surface area (Å²) in [5, 5.41) is -4.46. The van der Waals surface area contributed by atoms with Crippen molar-refractivity contribution in [2.24, 2.45) is 22.7 Å². The number of hydrogen-bond acceptors (Lipinski definition) is 4. The van der Waals surface area contributed by atoms with Crippen LogP contribution in [0.25, 0.3) is 0 Å². The summed E-state index contributed by atoms with van der Waals surface area (Å²) in [7, 11) is -5.58. The van der Waals surface area contributed by atoms with Gasteiger partial charge in [0.1, 0.15) is 0 Å². The van der Waals surface area contributed by atoms with Gasteiger partial charge < -0.3 is 4.74 Å². The van der Waals surface area contributed by atoms with E-state index in [0.29, 0.717) is 31.1 Å². The van der Waals surface area contributed by atoms with Crippen LogP contribution in [0.2, 0.25) is 0 Å². The highest BCUT2D eigenvalue weighted by molar-refractivity contribution is 7.86. The van der Waals surface area contributed by atoms with E-state index in [-0.39, 0.29) is 5.41 Å². The van der Waals surface area contributed by atoms with Crippen LogP contribution in [0.15, 0.2) is 0 Å². The zero-order chi connectivity index (χ0) is 16.4. The van der Waals surface area contributed by atoms with Gasteiger partial charge in [0, 0.05) is 0 Å². The van der Waals surface area contributed by atoms with Crippen LogP contribution in [-0.2, 0) is 19.6 Å². The lowest BCUT2D eigenvalue weighted by atomic mass is 9.44. The van der Waals surface area contributed by atoms with E-state index >= 15 is 0 Å². The second kappa shape index (κ2) is 4.63. The molecule has 0 saturated heterocycles. The lowest BCUT2D eigenvalue weighted by Crippen LogP contribution is -2.54. The van der Waals surface area contributed by atoms with Crippen molar-refractivity contribution in [1.82, 2.24) is 0 Å². The van der Waals surface area contributed by atoms with Crippen molar-refractivity contribution in [3.8, 4) is 0 Å². The minimum atomic E-state index is -5.58. The van der Waals surface area contributed by atoms with Crippen molar-refractivity contribution in [1.29, 1.82) is 0 Å². The maximum absolute atomic E-state index is 13.2. The molecule has 8 heteroatoms. The highest BCUT2D eigenvalue weighted by Gasteiger charge is 2.60. The first-order valence-corrected chi connectivity index (χ1v) is 8.91. The van der Waals surface area contributed by atoms with E-state index in [4.69, 9.17) is 4.55 Å². The second-order valence-corrected chi connectivity index (χ2v) is 9.29. The smallest absolute Gasteiger partial charge is 0.402 e. The van der Waals surface area contributed by atoms with Gasteiger partial charge in [0.2, 0.25) is 0 Å². The first-order valence-electron chi connectivity index (χ1n) is 7.47. The topological polar surface area (TPSA) is 80.7 Å². The number of carbonyl (C=O) groups is 1. The monoisotopic (exact) mass is 338 g/mol. The predicted octanol–water partition coefficient (Wildman–Crippen LogP) is 2.62.